The Bertz CT molecular complexity index is 377. The molecule has 106 valence electrons. The molecule has 1 heterocycles. The number of hydrogen-bond acceptors (Lipinski definition) is 2. The van der Waals surface area contributed by atoms with E-state index in [2.05, 4.69) is 30.4 Å². The normalized spacial score (nSPS) is 18.9. The van der Waals surface area contributed by atoms with Gasteiger partial charge < -0.3 is 10.1 Å². The Hall–Kier alpha value is -0.730. The van der Waals surface area contributed by atoms with Crippen molar-refractivity contribution in [1.82, 2.24) is 5.32 Å². The topological polar surface area (TPSA) is 21.3 Å². The van der Waals surface area contributed by atoms with Crippen molar-refractivity contribution in [3.63, 3.8) is 0 Å². The van der Waals surface area contributed by atoms with Crippen LogP contribution in [-0.4, -0.2) is 25.6 Å². The van der Waals surface area contributed by atoms with Gasteiger partial charge in [0.05, 0.1) is 6.61 Å². The van der Waals surface area contributed by atoms with Crippen molar-refractivity contribution in [1.29, 1.82) is 0 Å². The number of fused-ring (bicyclic) bond motifs is 1. The molecule has 1 aliphatic heterocycles. The van der Waals surface area contributed by atoms with Crippen LogP contribution in [0.15, 0.2) is 24.3 Å². The Balaban J connectivity index is 1.77. The summed E-state index contributed by atoms with van der Waals surface area (Å²) >= 11 is 5.86. The van der Waals surface area contributed by atoms with Crippen LogP contribution in [0.3, 0.4) is 0 Å². The van der Waals surface area contributed by atoms with Crippen LogP contribution in [0.2, 0.25) is 0 Å². The predicted octanol–water partition coefficient (Wildman–Crippen LogP) is 3.80. The molecule has 1 N–H and O–H groups in total. The molecule has 1 aromatic carbocycles. The Morgan fingerprint density at radius 1 is 1.37 bits per heavy atom. The van der Waals surface area contributed by atoms with Crippen LogP contribution < -0.4 is 10.1 Å². The lowest BCUT2D eigenvalue weighted by Crippen LogP contribution is -2.28. The molecule has 0 aromatic heterocycles. The molecule has 0 bridgehead atoms. The van der Waals surface area contributed by atoms with Gasteiger partial charge in [0.1, 0.15) is 5.75 Å². The van der Waals surface area contributed by atoms with E-state index in [9.17, 15) is 0 Å². The Morgan fingerprint density at radius 3 is 3.00 bits per heavy atom. The Kier molecular flexibility index (Phi) is 5.99. The molecule has 2 atom stereocenters. The zero-order valence-corrected chi connectivity index (χ0v) is 12.5. The molecule has 0 aliphatic carbocycles. The molecule has 1 aliphatic rings. The summed E-state index contributed by atoms with van der Waals surface area (Å²) in [5.74, 6) is 3.02. The van der Waals surface area contributed by atoms with E-state index >= 15 is 0 Å². The third-order valence-corrected chi connectivity index (χ3v) is 4.06. The molecule has 0 fully saturated rings. The zero-order chi connectivity index (χ0) is 13.5. The number of benzene rings is 1. The van der Waals surface area contributed by atoms with Gasteiger partial charge in [-0.05, 0) is 31.4 Å². The number of halogens is 1. The molecule has 0 spiro atoms. The second-order valence-corrected chi connectivity index (χ2v) is 5.71. The summed E-state index contributed by atoms with van der Waals surface area (Å²) in [5.41, 5.74) is 1.35. The highest BCUT2D eigenvalue weighted by atomic mass is 35.5. The molecule has 2 nitrogen and oxygen atoms in total. The molecule has 3 heteroatoms. The number of nitrogens with one attached hydrogen (secondary N) is 1. The number of hydrogen-bond donors (Lipinski definition) is 1. The predicted molar refractivity (Wildman–Crippen MR) is 81.3 cm³/mol. The zero-order valence-electron chi connectivity index (χ0n) is 11.7. The van der Waals surface area contributed by atoms with Gasteiger partial charge in [-0.2, -0.15) is 0 Å². The number of rotatable bonds is 8. The van der Waals surface area contributed by atoms with Gasteiger partial charge >= 0.3 is 0 Å². The summed E-state index contributed by atoms with van der Waals surface area (Å²) in [6.45, 7) is 5.11. The summed E-state index contributed by atoms with van der Waals surface area (Å²) in [6, 6.07) is 8.36. The molecule has 2 unspecified atom stereocenters. The van der Waals surface area contributed by atoms with Crippen LogP contribution in [-0.2, 0) is 0 Å². The number of ether oxygens (including phenoxy) is 1. The molecular weight excluding hydrogens is 258 g/mol. The molecule has 0 saturated heterocycles. The van der Waals surface area contributed by atoms with Crippen molar-refractivity contribution < 1.29 is 4.74 Å². The Morgan fingerprint density at radius 2 is 2.21 bits per heavy atom. The van der Waals surface area contributed by atoms with Crippen molar-refractivity contribution in [3.8, 4) is 5.75 Å². The van der Waals surface area contributed by atoms with Crippen LogP contribution >= 0.6 is 11.6 Å². The molecule has 0 saturated carbocycles. The lowest BCUT2D eigenvalue weighted by Gasteiger charge is -2.17. The summed E-state index contributed by atoms with van der Waals surface area (Å²) in [6.07, 6.45) is 3.61. The van der Waals surface area contributed by atoms with E-state index < -0.39 is 0 Å². The van der Waals surface area contributed by atoms with Gasteiger partial charge in [-0.15, -0.1) is 11.6 Å². The van der Waals surface area contributed by atoms with E-state index in [-0.39, 0.29) is 0 Å². The molecular formula is C16H24ClNO. The Labute approximate surface area is 121 Å². The fourth-order valence-electron chi connectivity index (χ4n) is 2.77. The average Bonchev–Trinajstić information content (AvgIpc) is 2.83. The smallest absolute Gasteiger partial charge is 0.122 e. The summed E-state index contributed by atoms with van der Waals surface area (Å²) in [4.78, 5) is 0. The first kappa shape index (κ1) is 14.7. The fourth-order valence-corrected chi connectivity index (χ4v) is 3.08. The highest BCUT2D eigenvalue weighted by Crippen LogP contribution is 2.32. The van der Waals surface area contributed by atoms with Gasteiger partial charge in [-0.1, -0.05) is 31.5 Å². The standard InChI is InChI=1S/C16H24ClNO/c1-2-5-13(8-9-17)10-18-11-14-12-19-16-7-4-3-6-15(14)16/h3-4,6-7,13-14,18H,2,5,8-12H2,1H3. The van der Waals surface area contributed by atoms with Crippen LogP contribution in [0.25, 0.3) is 0 Å². The van der Waals surface area contributed by atoms with Gasteiger partial charge in [0, 0.05) is 23.9 Å². The number of para-hydroxylation sites is 1. The molecule has 2 rings (SSSR count). The third-order valence-electron chi connectivity index (χ3n) is 3.84. The highest BCUT2D eigenvalue weighted by molar-refractivity contribution is 6.17. The van der Waals surface area contributed by atoms with Crippen molar-refractivity contribution in [2.75, 3.05) is 25.6 Å². The van der Waals surface area contributed by atoms with Crippen molar-refractivity contribution in [3.05, 3.63) is 29.8 Å². The van der Waals surface area contributed by atoms with Crippen LogP contribution in [0, 0.1) is 5.92 Å². The van der Waals surface area contributed by atoms with Crippen molar-refractivity contribution in [2.45, 2.75) is 32.1 Å². The molecule has 1 aromatic rings. The minimum atomic E-state index is 0.495. The molecule has 19 heavy (non-hydrogen) atoms. The van der Waals surface area contributed by atoms with Crippen LogP contribution in [0.4, 0.5) is 0 Å². The van der Waals surface area contributed by atoms with Crippen molar-refractivity contribution >= 4 is 11.6 Å². The molecule has 0 radical (unpaired) electrons. The van der Waals surface area contributed by atoms with Gasteiger partial charge in [0.25, 0.3) is 0 Å². The lowest BCUT2D eigenvalue weighted by molar-refractivity contribution is 0.322. The maximum atomic E-state index is 5.86. The fraction of sp³-hybridized carbons (Fsp3) is 0.625. The van der Waals surface area contributed by atoms with Gasteiger partial charge in [-0.25, -0.2) is 0 Å². The van der Waals surface area contributed by atoms with Gasteiger partial charge in [-0.3, -0.25) is 0 Å². The minimum Gasteiger partial charge on any atom is -0.493 e. The quantitative estimate of drug-likeness (QED) is 0.732. The number of alkyl halides is 1. The van der Waals surface area contributed by atoms with E-state index in [4.69, 9.17) is 16.3 Å². The second kappa shape index (κ2) is 7.76. The maximum absolute atomic E-state index is 5.86. The van der Waals surface area contributed by atoms with Gasteiger partial charge in [0.2, 0.25) is 0 Å². The second-order valence-electron chi connectivity index (χ2n) is 5.34. The molecule has 0 amide bonds. The summed E-state index contributed by atoms with van der Waals surface area (Å²) < 4.78 is 5.70. The maximum Gasteiger partial charge on any atom is 0.122 e. The van der Waals surface area contributed by atoms with Gasteiger partial charge in [0.15, 0.2) is 0 Å². The summed E-state index contributed by atoms with van der Waals surface area (Å²) in [5, 5.41) is 3.60. The van der Waals surface area contributed by atoms with E-state index in [0.29, 0.717) is 11.8 Å². The van der Waals surface area contributed by atoms with E-state index in [0.717, 1.165) is 37.7 Å². The highest BCUT2D eigenvalue weighted by Gasteiger charge is 2.23. The first-order valence-corrected chi connectivity index (χ1v) is 7.87. The lowest BCUT2D eigenvalue weighted by atomic mass is 9.99. The third kappa shape index (κ3) is 4.12. The van der Waals surface area contributed by atoms with Crippen LogP contribution in [0.1, 0.15) is 37.7 Å². The first-order chi connectivity index (χ1) is 9.35. The summed E-state index contributed by atoms with van der Waals surface area (Å²) in [7, 11) is 0. The first-order valence-electron chi connectivity index (χ1n) is 7.33. The average molecular weight is 282 g/mol. The minimum absolute atomic E-state index is 0.495. The largest absolute Gasteiger partial charge is 0.493 e. The SMILES string of the molecule is CCCC(CCCl)CNCC1COc2ccccc21. The monoisotopic (exact) mass is 281 g/mol. The van der Waals surface area contributed by atoms with E-state index in [1.807, 2.05) is 6.07 Å². The van der Waals surface area contributed by atoms with Crippen molar-refractivity contribution in [2.24, 2.45) is 5.92 Å². The van der Waals surface area contributed by atoms with Crippen LogP contribution in [0.5, 0.6) is 5.75 Å². The van der Waals surface area contributed by atoms with E-state index in [1.54, 1.807) is 0 Å². The van der Waals surface area contributed by atoms with E-state index in [1.165, 1.54) is 18.4 Å².